The molecule has 0 aliphatic rings. The van der Waals surface area contributed by atoms with Gasteiger partial charge in [0.1, 0.15) is 5.82 Å². The van der Waals surface area contributed by atoms with E-state index >= 15 is 0 Å². The Morgan fingerprint density at radius 3 is 2.86 bits per heavy atom. The molecule has 108 valence electrons. The molecule has 5 heteroatoms. The minimum atomic E-state index is 0.576. The smallest absolute Gasteiger partial charge is 0.126 e. The quantitative estimate of drug-likeness (QED) is 0.915. The highest BCUT2D eigenvalue weighted by molar-refractivity contribution is 6.31. The first-order chi connectivity index (χ1) is 10.1. The lowest BCUT2D eigenvalue weighted by atomic mass is 10.2. The van der Waals surface area contributed by atoms with Gasteiger partial charge in [0.15, 0.2) is 0 Å². The van der Waals surface area contributed by atoms with Gasteiger partial charge in [0.25, 0.3) is 0 Å². The van der Waals surface area contributed by atoms with Gasteiger partial charge >= 0.3 is 0 Å². The van der Waals surface area contributed by atoms with Crippen molar-refractivity contribution >= 4 is 23.1 Å². The van der Waals surface area contributed by atoms with Crippen molar-refractivity contribution in [2.75, 3.05) is 23.8 Å². The van der Waals surface area contributed by atoms with Crippen LogP contribution < -0.4 is 10.2 Å². The molecule has 0 aliphatic carbocycles. The van der Waals surface area contributed by atoms with E-state index in [2.05, 4.69) is 16.4 Å². The molecular formula is C16H17ClN4. The van der Waals surface area contributed by atoms with Gasteiger partial charge in [-0.3, -0.25) is 0 Å². The normalized spacial score (nSPS) is 10.0. The number of aromatic nitrogens is 1. The summed E-state index contributed by atoms with van der Waals surface area (Å²) in [6, 6.07) is 13.3. The largest absolute Gasteiger partial charge is 0.370 e. The van der Waals surface area contributed by atoms with Crippen LogP contribution in [0.3, 0.4) is 0 Å². The Hall–Kier alpha value is -2.25. The van der Waals surface area contributed by atoms with Gasteiger partial charge in [0, 0.05) is 19.3 Å². The Labute approximate surface area is 130 Å². The number of hydrogen-bond donors (Lipinski definition) is 1. The average Bonchev–Trinajstić information content (AvgIpc) is 2.51. The Balaban J connectivity index is 2.20. The SMILES string of the molecule is CCNc1ccc(Cl)c(CN(C)c2cccc(C#N)c2)n1. The predicted molar refractivity (Wildman–Crippen MR) is 86.7 cm³/mol. The predicted octanol–water partition coefficient (Wildman–Crippen LogP) is 3.67. The van der Waals surface area contributed by atoms with Gasteiger partial charge in [-0.05, 0) is 37.3 Å². The fraction of sp³-hybridized carbons (Fsp3) is 0.250. The first-order valence-electron chi connectivity index (χ1n) is 6.74. The maximum Gasteiger partial charge on any atom is 0.126 e. The first kappa shape index (κ1) is 15.1. The van der Waals surface area contributed by atoms with Crippen LogP contribution in [-0.2, 0) is 6.54 Å². The molecule has 0 saturated carbocycles. The molecule has 1 heterocycles. The van der Waals surface area contributed by atoms with Crippen molar-refractivity contribution in [2.24, 2.45) is 0 Å². The van der Waals surface area contributed by atoms with Crippen LogP contribution in [0.5, 0.6) is 0 Å². The second kappa shape index (κ2) is 6.96. The molecule has 2 aromatic rings. The van der Waals surface area contributed by atoms with E-state index in [1.54, 1.807) is 6.07 Å². The number of nitriles is 1. The summed E-state index contributed by atoms with van der Waals surface area (Å²) in [5.74, 6) is 0.816. The van der Waals surface area contributed by atoms with Crippen LogP contribution in [0, 0.1) is 11.3 Å². The Kier molecular flexibility index (Phi) is 5.02. The van der Waals surface area contributed by atoms with Crippen molar-refractivity contribution in [1.82, 2.24) is 4.98 Å². The van der Waals surface area contributed by atoms with E-state index in [-0.39, 0.29) is 0 Å². The second-order valence-electron chi connectivity index (χ2n) is 4.67. The molecule has 2 rings (SSSR count). The van der Waals surface area contributed by atoms with Crippen LogP contribution in [-0.4, -0.2) is 18.6 Å². The molecule has 0 bridgehead atoms. The van der Waals surface area contributed by atoms with E-state index in [1.165, 1.54) is 0 Å². The second-order valence-corrected chi connectivity index (χ2v) is 5.08. The van der Waals surface area contributed by atoms with Crippen molar-refractivity contribution < 1.29 is 0 Å². The van der Waals surface area contributed by atoms with Gasteiger partial charge in [-0.25, -0.2) is 4.98 Å². The topological polar surface area (TPSA) is 52.0 Å². The van der Waals surface area contributed by atoms with Crippen molar-refractivity contribution in [1.29, 1.82) is 5.26 Å². The van der Waals surface area contributed by atoms with E-state index < -0.39 is 0 Å². The van der Waals surface area contributed by atoms with Crippen molar-refractivity contribution in [2.45, 2.75) is 13.5 Å². The zero-order valence-electron chi connectivity index (χ0n) is 12.1. The molecular weight excluding hydrogens is 284 g/mol. The molecule has 4 nitrogen and oxygen atoms in total. The number of halogens is 1. The Bertz CT molecular complexity index is 664. The summed E-state index contributed by atoms with van der Waals surface area (Å²) < 4.78 is 0. The number of pyridine rings is 1. The van der Waals surface area contributed by atoms with Crippen LogP contribution in [0.25, 0.3) is 0 Å². The summed E-state index contributed by atoms with van der Waals surface area (Å²) in [6.07, 6.45) is 0. The lowest BCUT2D eigenvalue weighted by Crippen LogP contribution is -2.18. The molecule has 0 aliphatic heterocycles. The van der Waals surface area contributed by atoms with Crippen LogP contribution in [0.4, 0.5) is 11.5 Å². The average molecular weight is 301 g/mol. The van der Waals surface area contributed by atoms with Crippen LogP contribution in [0.15, 0.2) is 36.4 Å². The van der Waals surface area contributed by atoms with Crippen molar-refractivity contribution in [3.8, 4) is 6.07 Å². The number of benzene rings is 1. The van der Waals surface area contributed by atoms with Gasteiger partial charge < -0.3 is 10.2 Å². The summed E-state index contributed by atoms with van der Waals surface area (Å²) >= 11 is 6.22. The van der Waals surface area contributed by atoms with E-state index in [1.807, 2.05) is 49.2 Å². The van der Waals surface area contributed by atoms with Crippen molar-refractivity contribution in [3.63, 3.8) is 0 Å². The van der Waals surface area contributed by atoms with Gasteiger partial charge in [-0.1, -0.05) is 17.7 Å². The molecule has 0 atom stereocenters. The zero-order valence-corrected chi connectivity index (χ0v) is 12.9. The number of hydrogen-bond acceptors (Lipinski definition) is 4. The minimum Gasteiger partial charge on any atom is -0.370 e. The highest BCUT2D eigenvalue weighted by atomic mass is 35.5. The van der Waals surface area contributed by atoms with E-state index in [9.17, 15) is 0 Å². The summed E-state index contributed by atoms with van der Waals surface area (Å²) in [6.45, 7) is 3.41. The van der Waals surface area contributed by atoms with E-state index in [0.717, 1.165) is 23.7 Å². The zero-order chi connectivity index (χ0) is 15.2. The molecule has 1 N–H and O–H groups in total. The fourth-order valence-electron chi connectivity index (χ4n) is 2.00. The van der Waals surface area contributed by atoms with E-state index in [4.69, 9.17) is 16.9 Å². The molecule has 1 aromatic heterocycles. The summed E-state index contributed by atoms with van der Waals surface area (Å²) in [5.41, 5.74) is 2.40. The standard InChI is InChI=1S/C16H17ClN4/c1-3-19-16-8-7-14(17)15(20-16)11-21(2)13-6-4-5-12(9-13)10-18/h4-9H,3,11H2,1-2H3,(H,19,20). The number of rotatable bonds is 5. The van der Waals surface area contributed by atoms with Gasteiger partial charge in [-0.15, -0.1) is 0 Å². The van der Waals surface area contributed by atoms with Gasteiger partial charge in [0.2, 0.25) is 0 Å². The molecule has 0 saturated heterocycles. The third-order valence-electron chi connectivity index (χ3n) is 3.08. The molecule has 0 unspecified atom stereocenters. The molecule has 0 amide bonds. The van der Waals surface area contributed by atoms with Crippen LogP contribution in [0.2, 0.25) is 5.02 Å². The minimum absolute atomic E-state index is 0.576. The molecule has 21 heavy (non-hydrogen) atoms. The maximum absolute atomic E-state index is 8.96. The first-order valence-corrected chi connectivity index (χ1v) is 7.12. The Morgan fingerprint density at radius 2 is 2.14 bits per heavy atom. The molecule has 0 radical (unpaired) electrons. The number of nitrogens with one attached hydrogen (secondary N) is 1. The van der Waals surface area contributed by atoms with Crippen LogP contribution >= 0.6 is 11.6 Å². The highest BCUT2D eigenvalue weighted by Gasteiger charge is 2.09. The highest BCUT2D eigenvalue weighted by Crippen LogP contribution is 2.21. The van der Waals surface area contributed by atoms with Gasteiger partial charge in [0.05, 0.1) is 28.9 Å². The summed E-state index contributed by atoms with van der Waals surface area (Å²) in [5, 5.41) is 12.8. The summed E-state index contributed by atoms with van der Waals surface area (Å²) in [7, 11) is 1.95. The lowest BCUT2D eigenvalue weighted by molar-refractivity contribution is 0.884. The van der Waals surface area contributed by atoms with Crippen molar-refractivity contribution in [3.05, 3.63) is 52.7 Å². The number of nitrogens with zero attached hydrogens (tertiary/aromatic N) is 3. The van der Waals surface area contributed by atoms with E-state index in [0.29, 0.717) is 17.1 Å². The molecule has 1 aromatic carbocycles. The molecule has 0 fully saturated rings. The Morgan fingerprint density at radius 1 is 1.33 bits per heavy atom. The third kappa shape index (κ3) is 3.87. The maximum atomic E-state index is 8.96. The third-order valence-corrected chi connectivity index (χ3v) is 3.42. The lowest BCUT2D eigenvalue weighted by Gasteiger charge is -2.20. The monoisotopic (exact) mass is 300 g/mol. The number of anilines is 2. The van der Waals surface area contributed by atoms with Crippen LogP contribution in [0.1, 0.15) is 18.2 Å². The molecule has 0 spiro atoms. The summed E-state index contributed by atoms with van der Waals surface area (Å²) in [4.78, 5) is 6.54. The fourth-order valence-corrected chi connectivity index (χ4v) is 2.17. The van der Waals surface area contributed by atoms with Gasteiger partial charge in [-0.2, -0.15) is 5.26 Å².